The number of benzene rings is 2. The van der Waals surface area contributed by atoms with Crippen LogP contribution in [0.15, 0.2) is 53.5 Å². The molecule has 5 atom stereocenters. The first-order valence-corrected chi connectivity index (χ1v) is 14.7. The van der Waals surface area contributed by atoms with Crippen molar-refractivity contribution in [1.82, 2.24) is 4.90 Å². The topological polar surface area (TPSA) is 108 Å². The number of carbonyl (C=O) groups excluding carboxylic acids is 1. The molecule has 1 saturated heterocycles. The van der Waals surface area contributed by atoms with Crippen molar-refractivity contribution in [2.45, 2.75) is 88.8 Å². The van der Waals surface area contributed by atoms with E-state index in [1.165, 1.54) is 16.7 Å². The highest BCUT2D eigenvalue weighted by molar-refractivity contribution is 8.14. The van der Waals surface area contributed by atoms with E-state index < -0.39 is 47.1 Å². The SMILES string of the molecule is COc1ccc(CO[C@@H]2[C@H]3N=C(N(C)C(=O)OC(C)(C)C)S[C@H]3O[C@H](C(C)(C)O)[C@H]2OCc2ccc(OC)cc2)cc1. The van der Waals surface area contributed by atoms with E-state index in [1.54, 1.807) is 35.1 Å². The number of hydrogen-bond donors (Lipinski definition) is 1. The lowest BCUT2D eigenvalue weighted by atomic mass is 9.88. The molecule has 0 bridgehead atoms. The molecule has 1 N–H and O–H groups in total. The summed E-state index contributed by atoms with van der Waals surface area (Å²) >= 11 is 1.30. The van der Waals surface area contributed by atoms with Crippen LogP contribution in [-0.2, 0) is 32.2 Å². The zero-order valence-corrected chi connectivity index (χ0v) is 26.3. The first kappa shape index (κ1) is 32.1. The predicted molar refractivity (Wildman–Crippen MR) is 161 cm³/mol. The van der Waals surface area contributed by atoms with Crippen molar-refractivity contribution in [3.05, 3.63) is 59.7 Å². The van der Waals surface area contributed by atoms with Crippen LogP contribution >= 0.6 is 11.8 Å². The van der Waals surface area contributed by atoms with Crippen LogP contribution < -0.4 is 9.47 Å². The number of amides is 1. The molecule has 0 spiro atoms. The third-order valence-corrected chi connectivity index (χ3v) is 8.07. The minimum Gasteiger partial charge on any atom is -0.497 e. The van der Waals surface area contributed by atoms with Crippen molar-refractivity contribution in [2.24, 2.45) is 4.99 Å². The molecule has 2 heterocycles. The molecule has 1 amide bonds. The van der Waals surface area contributed by atoms with Crippen molar-refractivity contribution in [1.29, 1.82) is 0 Å². The average Bonchev–Trinajstić information content (AvgIpc) is 3.37. The maximum atomic E-state index is 12.8. The molecule has 2 aromatic carbocycles. The van der Waals surface area contributed by atoms with Crippen LogP contribution in [0.1, 0.15) is 45.7 Å². The Morgan fingerprint density at radius 2 is 1.40 bits per heavy atom. The predicted octanol–water partition coefficient (Wildman–Crippen LogP) is 5.01. The molecule has 230 valence electrons. The number of aliphatic imine (C=N–C) groups is 1. The van der Waals surface area contributed by atoms with Gasteiger partial charge in [0.2, 0.25) is 0 Å². The highest BCUT2D eigenvalue weighted by Crippen LogP contribution is 2.42. The van der Waals surface area contributed by atoms with Crippen LogP contribution in [0.2, 0.25) is 0 Å². The van der Waals surface area contributed by atoms with Crippen LogP contribution in [0.25, 0.3) is 0 Å². The molecule has 1 fully saturated rings. The number of rotatable bonds is 9. The molecule has 0 saturated carbocycles. The van der Waals surface area contributed by atoms with Gasteiger partial charge in [0.25, 0.3) is 0 Å². The Labute approximate surface area is 252 Å². The number of carbonyl (C=O) groups is 1. The van der Waals surface area contributed by atoms with Gasteiger partial charge >= 0.3 is 6.09 Å². The van der Waals surface area contributed by atoms with Gasteiger partial charge in [-0.15, -0.1) is 0 Å². The van der Waals surface area contributed by atoms with E-state index in [2.05, 4.69) is 0 Å². The molecule has 4 rings (SSSR count). The van der Waals surface area contributed by atoms with Gasteiger partial charge in [0.05, 0.1) is 33.0 Å². The minimum absolute atomic E-state index is 0.256. The summed E-state index contributed by atoms with van der Waals surface area (Å²) in [6, 6.07) is 14.7. The first-order chi connectivity index (χ1) is 19.8. The van der Waals surface area contributed by atoms with Crippen molar-refractivity contribution in [3.63, 3.8) is 0 Å². The lowest BCUT2D eigenvalue weighted by molar-refractivity contribution is -0.237. The Balaban J connectivity index is 1.63. The van der Waals surface area contributed by atoms with Gasteiger partial charge in [-0.2, -0.15) is 0 Å². The fraction of sp³-hybridized carbons (Fsp3) is 0.548. The molecule has 0 unspecified atom stereocenters. The molecule has 0 aliphatic carbocycles. The van der Waals surface area contributed by atoms with Gasteiger partial charge < -0.3 is 33.5 Å². The van der Waals surface area contributed by atoms with Gasteiger partial charge in [-0.1, -0.05) is 36.0 Å². The summed E-state index contributed by atoms with van der Waals surface area (Å²) in [5.41, 5.74) is -0.570. The standard InChI is InChI=1S/C31H42N2O8S/c1-30(2,3)41-29(34)33(6)28-32-23-24(38-17-19-9-13-21(36-7)14-10-19)25(26(31(4,5)35)40-27(23)42-28)39-18-20-11-15-22(37-8)16-12-20/h9-16,23-27,35H,17-18H2,1-8H3/t23-,24-,25+,26+,27-/m1/s1. The molecule has 11 heteroatoms. The molecule has 0 radical (unpaired) electrons. The lowest BCUT2D eigenvalue weighted by Crippen LogP contribution is -2.62. The molecule has 2 aromatic rings. The van der Waals surface area contributed by atoms with E-state index in [0.717, 1.165) is 22.6 Å². The fourth-order valence-electron chi connectivity index (χ4n) is 4.66. The number of aliphatic hydroxyl groups is 1. The fourth-order valence-corrected chi connectivity index (χ4v) is 5.82. The van der Waals surface area contributed by atoms with E-state index in [9.17, 15) is 9.90 Å². The van der Waals surface area contributed by atoms with Crippen molar-refractivity contribution < 1.29 is 38.3 Å². The monoisotopic (exact) mass is 602 g/mol. The third kappa shape index (κ3) is 7.96. The number of methoxy groups -OCH3 is 2. The summed E-state index contributed by atoms with van der Waals surface area (Å²) < 4.78 is 35.6. The Bertz CT molecular complexity index is 1220. The van der Waals surface area contributed by atoms with Crippen LogP contribution in [0, 0.1) is 0 Å². The molecule has 10 nitrogen and oxygen atoms in total. The van der Waals surface area contributed by atoms with Crippen molar-refractivity contribution in [3.8, 4) is 11.5 Å². The summed E-state index contributed by atoms with van der Waals surface area (Å²) in [6.45, 7) is 9.35. The zero-order chi connectivity index (χ0) is 30.7. The molecular formula is C31H42N2O8S. The van der Waals surface area contributed by atoms with Crippen molar-refractivity contribution >= 4 is 23.0 Å². The second-order valence-electron chi connectivity index (χ2n) is 11.9. The van der Waals surface area contributed by atoms with Gasteiger partial charge in [0, 0.05) is 7.05 Å². The third-order valence-electron chi connectivity index (χ3n) is 6.85. The number of fused-ring (bicyclic) bond motifs is 1. The summed E-state index contributed by atoms with van der Waals surface area (Å²) in [5, 5.41) is 11.7. The van der Waals surface area contributed by atoms with Crippen LogP contribution in [0.4, 0.5) is 4.79 Å². The van der Waals surface area contributed by atoms with Crippen LogP contribution in [-0.4, -0.2) is 83.5 Å². The van der Waals surface area contributed by atoms with E-state index in [0.29, 0.717) is 5.17 Å². The van der Waals surface area contributed by atoms with E-state index >= 15 is 0 Å². The second kappa shape index (κ2) is 13.2. The summed E-state index contributed by atoms with van der Waals surface area (Å²) in [5.74, 6) is 1.50. The Hall–Kier alpha value is -2.83. The zero-order valence-electron chi connectivity index (χ0n) is 25.5. The van der Waals surface area contributed by atoms with Gasteiger partial charge in [0.1, 0.15) is 46.9 Å². The van der Waals surface area contributed by atoms with E-state index in [-0.39, 0.29) is 13.2 Å². The minimum atomic E-state index is -1.27. The first-order valence-electron chi connectivity index (χ1n) is 13.9. The van der Waals surface area contributed by atoms with Crippen molar-refractivity contribution in [2.75, 3.05) is 21.3 Å². The van der Waals surface area contributed by atoms with Crippen LogP contribution in [0.3, 0.4) is 0 Å². The quantitative estimate of drug-likeness (QED) is 0.424. The molecule has 2 aliphatic rings. The van der Waals surface area contributed by atoms with Gasteiger partial charge in [-0.05, 0) is 70.0 Å². The Morgan fingerprint density at radius 3 is 1.86 bits per heavy atom. The number of nitrogens with zero attached hydrogens (tertiary/aromatic N) is 2. The van der Waals surface area contributed by atoms with E-state index in [4.69, 9.17) is 33.4 Å². The lowest BCUT2D eigenvalue weighted by Gasteiger charge is -2.46. The normalized spacial score (nSPS) is 24.0. The van der Waals surface area contributed by atoms with Gasteiger partial charge in [0.15, 0.2) is 5.17 Å². The van der Waals surface area contributed by atoms with E-state index in [1.807, 2.05) is 69.3 Å². The van der Waals surface area contributed by atoms with Gasteiger partial charge in [-0.25, -0.2) is 4.79 Å². The molecule has 2 aliphatic heterocycles. The largest absolute Gasteiger partial charge is 0.497 e. The maximum Gasteiger partial charge on any atom is 0.416 e. The van der Waals surface area contributed by atoms with Crippen LogP contribution in [0.5, 0.6) is 11.5 Å². The number of thioether (sulfide) groups is 1. The Kier molecular flexibility index (Phi) is 10.1. The smallest absolute Gasteiger partial charge is 0.416 e. The average molecular weight is 603 g/mol. The highest BCUT2D eigenvalue weighted by atomic mass is 32.2. The highest BCUT2D eigenvalue weighted by Gasteiger charge is 2.55. The Morgan fingerprint density at radius 1 is 0.905 bits per heavy atom. The molecule has 0 aromatic heterocycles. The molecular weight excluding hydrogens is 560 g/mol. The number of hydrogen-bond acceptors (Lipinski definition) is 10. The number of amidine groups is 1. The second-order valence-corrected chi connectivity index (χ2v) is 13.0. The van der Waals surface area contributed by atoms with Gasteiger partial charge in [-0.3, -0.25) is 9.89 Å². The summed E-state index contributed by atoms with van der Waals surface area (Å²) in [7, 11) is 4.86. The number of ether oxygens (including phenoxy) is 6. The summed E-state index contributed by atoms with van der Waals surface area (Å²) in [4.78, 5) is 19.1. The maximum absolute atomic E-state index is 12.8. The molecule has 42 heavy (non-hydrogen) atoms. The summed E-state index contributed by atoms with van der Waals surface area (Å²) in [6.07, 6.45) is -2.54.